The van der Waals surface area contributed by atoms with Gasteiger partial charge in [0, 0.05) is 12.6 Å². The highest BCUT2D eigenvalue weighted by Crippen LogP contribution is 2.27. The molecule has 0 spiro atoms. The van der Waals surface area contributed by atoms with Crippen molar-refractivity contribution in [3.8, 4) is 0 Å². The van der Waals surface area contributed by atoms with Gasteiger partial charge in [0.1, 0.15) is 0 Å². The maximum Gasteiger partial charge on any atom is 0.307 e. The lowest BCUT2D eigenvalue weighted by Gasteiger charge is -2.38. The first-order valence-corrected chi connectivity index (χ1v) is 6.24. The summed E-state index contributed by atoms with van der Waals surface area (Å²) in [5.41, 5.74) is 0. The summed E-state index contributed by atoms with van der Waals surface area (Å²) in [6.45, 7) is 1.91. The smallest absolute Gasteiger partial charge is 0.307 e. The van der Waals surface area contributed by atoms with Crippen molar-refractivity contribution in [1.82, 2.24) is 4.90 Å². The summed E-state index contributed by atoms with van der Waals surface area (Å²) in [6.07, 6.45) is 8.54. The van der Waals surface area contributed by atoms with Crippen molar-refractivity contribution in [2.24, 2.45) is 5.92 Å². The van der Waals surface area contributed by atoms with Crippen LogP contribution < -0.4 is 0 Å². The molecule has 94 valence electrons. The number of hydrogen-bond acceptors (Lipinski definition) is 2. The lowest BCUT2D eigenvalue weighted by atomic mass is 9.90. The summed E-state index contributed by atoms with van der Waals surface area (Å²) in [5.74, 6) is -0.712. The second-order valence-corrected chi connectivity index (χ2v) is 4.96. The van der Waals surface area contributed by atoms with Crippen molar-refractivity contribution < 1.29 is 9.90 Å². The molecule has 1 aliphatic heterocycles. The van der Waals surface area contributed by atoms with Gasteiger partial charge in [-0.15, -0.1) is 12.4 Å². The van der Waals surface area contributed by atoms with Crippen LogP contribution in [0.3, 0.4) is 0 Å². The van der Waals surface area contributed by atoms with Crippen LogP contribution in [0.2, 0.25) is 0 Å². The van der Waals surface area contributed by atoms with Crippen LogP contribution in [0.5, 0.6) is 0 Å². The van der Waals surface area contributed by atoms with Crippen molar-refractivity contribution in [2.75, 3.05) is 13.1 Å². The number of nitrogens with zero attached hydrogens (tertiary/aromatic N) is 1. The Bertz CT molecular complexity index is 229. The van der Waals surface area contributed by atoms with Crippen LogP contribution in [0.25, 0.3) is 0 Å². The van der Waals surface area contributed by atoms with Gasteiger partial charge in [0.25, 0.3) is 0 Å². The van der Waals surface area contributed by atoms with E-state index in [1.54, 1.807) is 0 Å². The SMILES string of the molecule is Cl.O=C(O)C1CCCN(C2CCCCC2)C1. The average molecular weight is 248 g/mol. The van der Waals surface area contributed by atoms with Crippen LogP contribution in [0, 0.1) is 5.92 Å². The first-order chi connectivity index (χ1) is 7.27. The third-order valence-electron chi connectivity index (χ3n) is 3.89. The van der Waals surface area contributed by atoms with Crippen molar-refractivity contribution in [1.29, 1.82) is 0 Å². The Balaban J connectivity index is 0.00000128. The number of carboxylic acids is 1. The monoisotopic (exact) mass is 247 g/mol. The predicted octanol–water partition coefficient (Wildman–Crippen LogP) is 2.54. The average Bonchev–Trinajstić information content (AvgIpc) is 2.30. The van der Waals surface area contributed by atoms with Gasteiger partial charge in [0.2, 0.25) is 0 Å². The molecule has 1 unspecified atom stereocenters. The topological polar surface area (TPSA) is 40.5 Å². The van der Waals surface area contributed by atoms with Crippen LogP contribution in [0.4, 0.5) is 0 Å². The van der Waals surface area contributed by atoms with E-state index < -0.39 is 5.97 Å². The van der Waals surface area contributed by atoms with Gasteiger partial charge in [0.05, 0.1) is 5.92 Å². The lowest BCUT2D eigenvalue weighted by Crippen LogP contribution is -2.45. The van der Waals surface area contributed by atoms with Crippen LogP contribution in [-0.2, 0) is 4.79 Å². The standard InChI is InChI=1S/C12H21NO2.ClH/c14-12(15)10-5-4-8-13(9-10)11-6-2-1-3-7-11;/h10-11H,1-9H2,(H,14,15);1H. The molecule has 1 atom stereocenters. The minimum atomic E-state index is -0.601. The number of aliphatic carboxylic acids is 1. The van der Waals surface area contributed by atoms with Gasteiger partial charge in [-0.05, 0) is 32.2 Å². The number of piperidine rings is 1. The molecular formula is C12H22ClNO2. The van der Waals surface area contributed by atoms with Gasteiger partial charge < -0.3 is 5.11 Å². The Morgan fingerprint density at radius 3 is 2.38 bits per heavy atom. The van der Waals surface area contributed by atoms with E-state index in [1.165, 1.54) is 32.1 Å². The summed E-state index contributed by atoms with van der Waals surface area (Å²) in [7, 11) is 0. The van der Waals surface area contributed by atoms with Gasteiger partial charge in [-0.25, -0.2) is 0 Å². The van der Waals surface area contributed by atoms with Gasteiger partial charge in [-0.1, -0.05) is 19.3 Å². The molecule has 4 heteroatoms. The molecule has 2 rings (SSSR count). The van der Waals surface area contributed by atoms with Gasteiger partial charge in [-0.3, -0.25) is 9.69 Å². The molecule has 0 radical (unpaired) electrons. The third-order valence-corrected chi connectivity index (χ3v) is 3.89. The van der Waals surface area contributed by atoms with Crippen LogP contribution in [0.15, 0.2) is 0 Å². The molecule has 0 aromatic heterocycles. The van der Waals surface area contributed by atoms with E-state index in [1.807, 2.05) is 0 Å². The molecule has 0 bridgehead atoms. The van der Waals surface area contributed by atoms with E-state index in [4.69, 9.17) is 5.11 Å². The molecule has 1 saturated heterocycles. The van der Waals surface area contributed by atoms with E-state index in [-0.39, 0.29) is 18.3 Å². The maximum absolute atomic E-state index is 11.0. The lowest BCUT2D eigenvalue weighted by molar-refractivity contribution is -0.144. The molecule has 1 aliphatic carbocycles. The summed E-state index contributed by atoms with van der Waals surface area (Å²) in [6, 6.07) is 0.681. The summed E-state index contributed by atoms with van der Waals surface area (Å²) >= 11 is 0. The van der Waals surface area contributed by atoms with Crippen molar-refractivity contribution in [3.05, 3.63) is 0 Å². The fourth-order valence-electron chi connectivity index (χ4n) is 2.99. The zero-order valence-electron chi connectivity index (χ0n) is 9.73. The third kappa shape index (κ3) is 3.36. The normalized spacial score (nSPS) is 28.4. The number of carboxylic acid groups (broad SMARTS) is 1. The molecule has 16 heavy (non-hydrogen) atoms. The second kappa shape index (κ2) is 6.45. The number of carbonyl (C=O) groups is 1. The van der Waals surface area contributed by atoms with E-state index in [2.05, 4.69) is 4.90 Å². The van der Waals surface area contributed by atoms with Crippen LogP contribution in [-0.4, -0.2) is 35.1 Å². The van der Waals surface area contributed by atoms with Crippen LogP contribution in [0.1, 0.15) is 44.9 Å². The van der Waals surface area contributed by atoms with Gasteiger partial charge >= 0.3 is 5.97 Å². The Morgan fingerprint density at radius 2 is 1.75 bits per heavy atom. The summed E-state index contributed by atoms with van der Waals surface area (Å²) in [5, 5.41) is 9.03. The molecular weight excluding hydrogens is 226 g/mol. The zero-order chi connectivity index (χ0) is 10.7. The molecule has 0 aromatic rings. The highest BCUT2D eigenvalue weighted by molar-refractivity contribution is 5.85. The number of hydrogen-bond donors (Lipinski definition) is 1. The Labute approximate surface area is 104 Å². The number of rotatable bonds is 2. The van der Waals surface area contributed by atoms with E-state index >= 15 is 0 Å². The summed E-state index contributed by atoms with van der Waals surface area (Å²) in [4.78, 5) is 13.4. The number of halogens is 1. The molecule has 3 nitrogen and oxygen atoms in total. The first kappa shape index (κ1) is 13.8. The molecule has 1 heterocycles. The zero-order valence-corrected chi connectivity index (χ0v) is 10.5. The highest BCUT2D eigenvalue weighted by Gasteiger charge is 2.29. The van der Waals surface area contributed by atoms with Crippen molar-refractivity contribution in [3.63, 3.8) is 0 Å². The Kier molecular flexibility index (Phi) is 5.56. The van der Waals surface area contributed by atoms with Crippen LogP contribution >= 0.6 is 12.4 Å². The Morgan fingerprint density at radius 1 is 1.06 bits per heavy atom. The molecule has 0 aromatic carbocycles. The van der Waals surface area contributed by atoms with E-state index in [0.29, 0.717) is 6.04 Å². The molecule has 0 amide bonds. The van der Waals surface area contributed by atoms with Gasteiger partial charge in [-0.2, -0.15) is 0 Å². The first-order valence-electron chi connectivity index (χ1n) is 6.24. The highest BCUT2D eigenvalue weighted by atomic mass is 35.5. The minimum Gasteiger partial charge on any atom is -0.481 e. The quantitative estimate of drug-likeness (QED) is 0.815. The molecule has 2 fully saturated rings. The van der Waals surface area contributed by atoms with Crippen molar-refractivity contribution >= 4 is 18.4 Å². The maximum atomic E-state index is 11.0. The Hall–Kier alpha value is -0.280. The molecule has 1 saturated carbocycles. The number of likely N-dealkylation sites (tertiary alicyclic amines) is 1. The minimum absolute atomic E-state index is 0. The predicted molar refractivity (Wildman–Crippen MR) is 66.1 cm³/mol. The summed E-state index contributed by atoms with van der Waals surface area (Å²) < 4.78 is 0. The largest absolute Gasteiger partial charge is 0.481 e. The molecule has 1 N–H and O–H groups in total. The van der Waals surface area contributed by atoms with E-state index in [9.17, 15) is 4.79 Å². The van der Waals surface area contributed by atoms with Gasteiger partial charge in [0.15, 0.2) is 0 Å². The fourth-order valence-corrected chi connectivity index (χ4v) is 2.99. The molecule has 2 aliphatic rings. The second-order valence-electron chi connectivity index (χ2n) is 4.96. The van der Waals surface area contributed by atoms with E-state index in [0.717, 1.165) is 25.9 Å². The fraction of sp³-hybridized carbons (Fsp3) is 0.917. The van der Waals surface area contributed by atoms with Crippen molar-refractivity contribution in [2.45, 2.75) is 51.0 Å².